The number of benzene rings is 1. The molecule has 0 radical (unpaired) electrons. The van der Waals surface area contributed by atoms with Gasteiger partial charge in [-0.25, -0.2) is 9.37 Å². The van der Waals surface area contributed by atoms with Crippen LogP contribution in [-0.4, -0.2) is 43.2 Å². The highest BCUT2D eigenvalue weighted by Crippen LogP contribution is 2.27. The van der Waals surface area contributed by atoms with Crippen LogP contribution in [0.3, 0.4) is 0 Å². The van der Waals surface area contributed by atoms with E-state index in [9.17, 15) is 4.39 Å². The van der Waals surface area contributed by atoms with E-state index < -0.39 is 0 Å². The summed E-state index contributed by atoms with van der Waals surface area (Å²) in [7, 11) is 0. The lowest BCUT2D eigenvalue weighted by Crippen LogP contribution is -2.51. The molecule has 0 aliphatic carbocycles. The first-order valence-electron chi connectivity index (χ1n) is 10.4. The number of piperidine rings is 2. The van der Waals surface area contributed by atoms with Crippen molar-refractivity contribution in [1.82, 2.24) is 4.98 Å². The van der Waals surface area contributed by atoms with E-state index in [1.807, 2.05) is 12.3 Å². The molecular weight excluding hydrogens is 353 g/mol. The van der Waals surface area contributed by atoms with E-state index in [1.54, 1.807) is 12.1 Å². The van der Waals surface area contributed by atoms with E-state index in [0.29, 0.717) is 6.54 Å². The Morgan fingerprint density at radius 2 is 1.93 bits per heavy atom. The maximum Gasteiger partial charge on any atom is 0.128 e. The van der Waals surface area contributed by atoms with E-state index in [0.717, 1.165) is 44.0 Å². The monoisotopic (exact) mass is 383 g/mol. The van der Waals surface area contributed by atoms with Gasteiger partial charge in [0.25, 0.3) is 0 Å². The Labute approximate surface area is 166 Å². The number of nitrogens with zero attached hydrogens (tertiary/aromatic N) is 3. The van der Waals surface area contributed by atoms with Gasteiger partial charge in [-0.15, -0.1) is 0 Å². The number of nitrogens with two attached hydrogens (primary N) is 1. The zero-order chi connectivity index (χ0) is 19.3. The molecule has 1 aromatic carbocycles. The van der Waals surface area contributed by atoms with Crippen molar-refractivity contribution >= 4 is 17.2 Å². The van der Waals surface area contributed by atoms with Crippen molar-refractivity contribution in [3.63, 3.8) is 0 Å². The minimum atomic E-state index is -0.209. The molecular formula is C22H30FN5. The highest BCUT2D eigenvalue weighted by atomic mass is 19.1. The molecule has 3 heterocycles. The molecule has 1 aromatic heterocycles. The summed E-state index contributed by atoms with van der Waals surface area (Å²) < 4.78 is 13.7. The topological polar surface area (TPSA) is 57.4 Å². The summed E-state index contributed by atoms with van der Waals surface area (Å²) in [5.41, 5.74) is 8.14. The molecule has 28 heavy (non-hydrogen) atoms. The Morgan fingerprint density at radius 1 is 1.07 bits per heavy atom. The van der Waals surface area contributed by atoms with Gasteiger partial charge < -0.3 is 20.9 Å². The fraction of sp³-hybridized carbons (Fsp3) is 0.500. The standard InChI is InChI=1S/C22H30FN5/c23-17-5-4-6-20(13-17)28-16-18(7-8-21(28)15-24)26-22-14-19(9-10-25-22)27-11-2-1-3-12-27/h4-6,9-10,13-14,18,21H,1-3,7-8,11-12,15-16,24H2,(H,25,26)/t18-,21?/m1/s1. The van der Waals surface area contributed by atoms with Gasteiger partial charge >= 0.3 is 0 Å². The highest BCUT2D eigenvalue weighted by Gasteiger charge is 2.28. The van der Waals surface area contributed by atoms with Crippen LogP contribution in [0.15, 0.2) is 42.6 Å². The summed E-state index contributed by atoms with van der Waals surface area (Å²) in [5, 5.41) is 3.61. The molecule has 0 saturated carbocycles. The lowest BCUT2D eigenvalue weighted by atomic mass is 9.97. The Kier molecular flexibility index (Phi) is 5.95. The van der Waals surface area contributed by atoms with E-state index >= 15 is 0 Å². The summed E-state index contributed by atoms with van der Waals surface area (Å²) in [6.45, 7) is 3.61. The first-order chi connectivity index (χ1) is 13.7. The number of aromatic nitrogens is 1. The molecule has 2 atom stereocenters. The molecule has 4 rings (SSSR count). The number of halogens is 1. The molecule has 2 aliphatic rings. The van der Waals surface area contributed by atoms with E-state index in [1.165, 1.54) is 31.0 Å². The third-order valence-corrected chi connectivity index (χ3v) is 5.93. The van der Waals surface area contributed by atoms with Gasteiger partial charge in [0.1, 0.15) is 11.6 Å². The van der Waals surface area contributed by atoms with Crippen LogP contribution >= 0.6 is 0 Å². The molecule has 5 nitrogen and oxygen atoms in total. The normalized spacial score (nSPS) is 22.9. The number of hydrogen-bond donors (Lipinski definition) is 2. The lowest BCUT2D eigenvalue weighted by molar-refractivity contribution is 0.436. The molecule has 0 spiro atoms. The molecule has 2 saturated heterocycles. The smallest absolute Gasteiger partial charge is 0.128 e. The Balaban J connectivity index is 1.46. The highest BCUT2D eigenvalue weighted by molar-refractivity contribution is 5.55. The van der Waals surface area contributed by atoms with Crippen LogP contribution in [0.4, 0.5) is 21.6 Å². The maximum atomic E-state index is 13.7. The molecule has 6 heteroatoms. The minimum Gasteiger partial charge on any atom is -0.371 e. The summed E-state index contributed by atoms with van der Waals surface area (Å²) in [6.07, 6.45) is 7.75. The Bertz CT molecular complexity index is 777. The average Bonchev–Trinajstić information content (AvgIpc) is 2.74. The molecule has 2 aliphatic heterocycles. The fourth-order valence-electron chi connectivity index (χ4n) is 4.42. The largest absolute Gasteiger partial charge is 0.371 e. The van der Waals surface area contributed by atoms with Gasteiger partial charge in [-0.05, 0) is 56.4 Å². The van der Waals surface area contributed by atoms with E-state index in [-0.39, 0.29) is 17.9 Å². The van der Waals surface area contributed by atoms with Crippen LogP contribution < -0.4 is 20.9 Å². The second-order valence-electron chi connectivity index (χ2n) is 7.89. The van der Waals surface area contributed by atoms with Crippen LogP contribution in [0.1, 0.15) is 32.1 Å². The summed E-state index contributed by atoms with van der Waals surface area (Å²) >= 11 is 0. The van der Waals surface area contributed by atoms with Gasteiger partial charge in [0.15, 0.2) is 0 Å². The van der Waals surface area contributed by atoms with Crippen molar-refractivity contribution in [2.75, 3.05) is 41.3 Å². The predicted octanol–water partition coefficient (Wildman–Crippen LogP) is 3.62. The number of nitrogens with one attached hydrogen (secondary N) is 1. The number of hydrogen-bond acceptors (Lipinski definition) is 5. The first-order valence-corrected chi connectivity index (χ1v) is 10.4. The molecule has 150 valence electrons. The minimum absolute atomic E-state index is 0.209. The molecule has 0 amide bonds. The number of rotatable bonds is 5. The number of anilines is 3. The van der Waals surface area contributed by atoms with Gasteiger partial charge in [-0.1, -0.05) is 6.07 Å². The van der Waals surface area contributed by atoms with Crippen molar-refractivity contribution in [3.05, 3.63) is 48.4 Å². The van der Waals surface area contributed by atoms with Crippen LogP contribution in [0.25, 0.3) is 0 Å². The zero-order valence-electron chi connectivity index (χ0n) is 16.4. The fourth-order valence-corrected chi connectivity index (χ4v) is 4.42. The van der Waals surface area contributed by atoms with Crippen LogP contribution in [0.2, 0.25) is 0 Å². The second-order valence-corrected chi connectivity index (χ2v) is 7.89. The van der Waals surface area contributed by atoms with Crippen molar-refractivity contribution in [2.45, 2.75) is 44.2 Å². The van der Waals surface area contributed by atoms with Crippen molar-refractivity contribution in [3.8, 4) is 0 Å². The molecule has 2 aromatic rings. The quantitative estimate of drug-likeness (QED) is 0.826. The number of pyridine rings is 1. The Hall–Kier alpha value is -2.34. The van der Waals surface area contributed by atoms with Crippen molar-refractivity contribution < 1.29 is 4.39 Å². The summed E-state index contributed by atoms with van der Waals surface area (Å²) in [4.78, 5) is 9.22. The molecule has 3 N–H and O–H groups in total. The van der Waals surface area contributed by atoms with Crippen molar-refractivity contribution in [2.24, 2.45) is 5.73 Å². The molecule has 2 fully saturated rings. The van der Waals surface area contributed by atoms with Gasteiger partial charge in [-0.2, -0.15) is 0 Å². The zero-order valence-corrected chi connectivity index (χ0v) is 16.4. The third-order valence-electron chi connectivity index (χ3n) is 5.93. The van der Waals surface area contributed by atoms with Crippen molar-refractivity contribution in [1.29, 1.82) is 0 Å². The average molecular weight is 384 g/mol. The third kappa shape index (κ3) is 4.38. The van der Waals surface area contributed by atoms with E-state index in [4.69, 9.17) is 5.73 Å². The maximum absolute atomic E-state index is 13.7. The SMILES string of the molecule is NCC1CC[C@@H](Nc2cc(N3CCCCC3)ccn2)CN1c1cccc(F)c1. The predicted molar refractivity (Wildman–Crippen MR) is 114 cm³/mol. The van der Waals surface area contributed by atoms with Gasteiger partial charge in [0.2, 0.25) is 0 Å². The second kappa shape index (κ2) is 8.78. The van der Waals surface area contributed by atoms with E-state index in [2.05, 4.69) is 32.2 Å². The van der Waals surface area contributed by atoms with Gasteiger partial charge in [0.05, 0.1) is 0 Å². The van der Waals surface area contributed by atoms with Gasteiger partial charge in [-0.3, -0.25) is 0 Å². The molecule has 1 unspecified atom stereocenters. The van der Waals surface area contributed by atoms with Crippen LogP contribution in [0.5, 0.6) is 0 Å². The van der Waals surface area contributed by atoms with Crippen LogP contribution in [0, 0.1) is 5.82 Å². The first kappa shape index (κ1) is 19.0. The lowest BCUT2D eigenvalue weighted by Gasteiger charge is -2.41. The van der Waals surface area contributed by atoms with Crippen LogP contribution in [-0.2, 0) is 0 Å². The Morgan fingerprint density at radius 3 is 2.71 bits per heavy atom. The summed E-state index contributed by atoms with van der Waals surface area (Å²) in [5.74, 6) is 0.706. The molecule has 0 bridgehead atoms. The van der Waals surface area contributed by atoms with Gasteiger partial charge in [0, 0.05) is 61.9 Å². The summed E-state index contributed by atoms with van der Waals surface area (Å²) in [6, 6.07) is 11.6.